The minimum atomic E-state index is -1.17. The zero-order chi connectivity index (χ0) is 16.0. The third-order valence-corrected chi connectivity index (χ3v) is 4.02. The fourth-order valence-corrected chi connectivity index (χ4v) is 2.45. The lowest BCUT2D eigenvalue weighted by Gasteiger charge is -2.20. The molecule has 0 aromatic carbocycles. The lowest BCUT2D eigenvalue weighted by atomic mass is 10.2. The quantitative estimate of drug-likeness (QED) is 0.702. The summed E-state index contributed by atoms with van der Waals surface area (Å²) in [7, 11) is 1.57. The Balaban J connectivity index is 2.58. The number of rotatable bonds is 7. The number of urea groups is 1. The molecule has 0 aliphatic rings. The number of hydrogen-bond donors (Lipinski definition) is 3. The molecule has 0 aliphatic carbocycles. The van der Waals surface area contributed by atoms with E-state index in [4.69, 9.17) is 10.2 Å². The van der Waals surface area contributed by atoms with Crippen molar-refractivity contribution in [3.63, 3.8) is 0 Å². The molecule has 1 unspecified atom stereocenters. The Morgan fingerprint density at radius 1 is 1.48 bits per heavy atom. The zero-order valence-corrected chi connectivity index (χ0v) is 13.2. The number of aliphatic carboxylic acids is 1. The highest BCUT2D eigenvalue weighted by atomic mass is 32.1. The minimum absolute atomic E-state index is 0.0247. The number of aliphatic hydroxyl groups is 1. The second-order valence-electron chi connectivity index (χ2n) is 5.04. The number of aliphatic hydroxyl groups excluding tert-OH is 1. The molecule has 0 bridgehead atoms. The van der Waals surface area contributed by atoms with Gasteiger partial charge in [0.25, 0.3) is 0 Å². The molecule has 0 spiro atoms. The van der Waals surface area contributed by atoms with Crippen molar-refractivity contribution in [2.75, 3.05) is 13.7 Å². The number of nitrogens with zero attached hydrogens (tertiary/aromatic N) is 2. The molecular weight excluding hydrogens is 294 g/mol. The molecule has 1 heterocycles. The first-order chi connectivity index (χ1) is 9.85. The Morgan fingerprint density at radius 2 is 2.14 bits per heavy atom. The van der Waals surface area contributed by atoms with E-state index in [0.29, 0.717) is 12.5 Å². The van der Waals surface area contributed by atoms with Crippen molar-refractivity contribution in [2.24, 2.45) is 0 Å². The topological polar surface area (TPSA) is 103 Å². The largest absolute Gasteiger partial charge is 0.480 e. The molecule has 0 saturated carbocycles. The molecule has 118 valence electrons. The first-order valence-corrected chi connectivity index (χ1v) is 7.52. The first-order valence-electron chi connectivity index (χ1n) is 6.64. The van der Waals surface area contributed by atoms with Crippen LogP contribution in [0.3, 0.4) is 0 Å². The number of carboxylic acids is 1. The number of aromatic nitrogens is 1. The highest BCUT2D eigenvalue weighted by Crippen LogP contribution is 2.19. The molecule has 0 radical (unpaired) electrons. The van der Waals surface area contributed by atoms with Gasteiger partial charge in [0.2, 0.25) is 0 Å². The maximum absolute atomic E-state index is 11.9. The number of amides is 2. The Kier molecular flexibility index (Phi) is 6.57. The van der Waals surface area contributed by atoms with Crippen molar-refractivity contribution in [1.82, 2.24) is 15.2 Å². The standard InChI is InChI=1S/C13H21N3O4S/c1-8(2)11-14-9(7-21-11)6-16(3)13(20)15-10(4-5-17)12(18)19/h7-8,10,17H,4-6H2,1-3H3,(H,15,20)(H,18,19). The summed E-state index contributed by atoms with van der Waals surface area (Å²) in [5.74, 6) is -0.828. The summed E-state index contributed by atoms with van der Waals surface area (Å²) in [6.07, 6.45) is -0.0247. The summed E-state index contributed by atoms with van der Waals surface area (Å²) < 4.78 is 0. The lowest BCUT2D eigenvalue weighted by Crippen LogP contribution is -2.46. The van der Waals surface area contributed by atoms with Crippen LogP contribution < -0.4 is 5.32 Å². The van der Waals surface area contributed by atoms with Crippen LogP contribution in [0.5, 0.6) is 0 Å². The normalized spacial score (nSPS) is 12.2. The molecule has 0 aliphatic heterocycles. The highest BCUT2D eigenvalue weighted by Gasteiger charge is 2.21. The van der Waals surface area contributed by atoms with Crippen LogP contribution in [0.4, 0.5) is 4.79 Å². The van der Waals surface area contributed by atoms with Crippen molar-refractivity contribution < 1.29 is 19.8 Å². The molecule has 1 atom stereocenters. The van der Waals surface area contributed by atoms with Gasteiger partial charge in [-0.15, -0.1) is 11.3 Å². The number of nitrogens with one attached hydrogen (secondary N) is 1. The smallest absolute Gasteiger partial charge is 0.326 e. The van der Waals surface area contributed by atoms with Crippen molar-refractivity contribution in [3.8, 4) is 0 Å². The van der Waals surface area contributed by atoms with Crippen LogP contribution in [0, 0.1) is 0 Å². The van der Waals surface area contributed by atoms with Crippen LogP contribution in [0.2, 0.25) is 0 Å². The van der Waals surface area contributed by atoms with Gasteiger partial charge in [0.15, 0.2) is 0 Å². The fourth-order valence-electron chi connectivity index (χ4n) is 1.62. The maximum Gasteiger partial charge on any atom is 0.326 e. The SMILES string of the molecule is CC(C)c1nc(CN(C)C(=O)NC(CCO)C(=O)O)cs1. The summed E-state index contributed by atoms with van der Waals surface area (Å²) >= 11 is 1.54. The lowest BCUT2D eigenvalue weighted by molar-refractivity contribution is -0.139. The van der Waals surface area contributed by atoms with E-state index in [1.807, 2.05) is 19.2 Å². The van der Waals surface area contributed by atoms with Gasteiger partial charge in [0.05, 0.1) is 17.2 Å². The van der Waals surface area contributed by atoms with E-state index >= 15 is 0 Å². The predicted octanol–water partition coefficient (Wildman–Crippen LogP) is 1.24. The van der Waals surface area contributed by atoms with Crippen LogP contribution >= 0.6 is 11.3 Å². The van der Waals surface area contributed by atoms with E-state index in [9.17, 15) is 9.59 Å². The Bertz CT molecular complexity index is 490. The summed E-state index contributed by atoms with van der Waals surface area (Å²) in [5, 5.41) is 23.0. The number of hydrogen-bond acceptors (Lipinski definition) is 5. The van der Waals surface area contributed by atoms with Crippen LogP contribution in [0.25, 0.3) is 0 Å². The molecule has 1 rings (SSSR count). The average Bonchev–Trinajstić information content (AvgIpc) is 2.86. The van der Waals surface area contributed by atoms with Crippen LogP contribution in [0.15, 0.2) is 5.38 Å². The second-order valence-corrected chi connectivity index (χ2v) is 5.93. The van der Waals surface area contributed by atoms with Gasteiger partial charge in [-0.3, -0.25) is 0 Å². The van der Waals surface area contributed by atoms with Gasteiger partial charge in [0.1, 0.15) is 6.04 Å². The van der Waals surface area contributed by atoms with Gasteiger partial charge in [0, 0.05) is 31.4 Å². The molecule has 21 heavy (non-hydrogen) atoms. The molecule has 7 nitrogen and oxygen atoms in total. The molecular formula is C13H21N3O4S. The van der Waals surface area contributed by atoms with Gasteiger partial charge in [-0.25, -0.2) is 14.6 Å². The molecule has 1 aromatic rings. The third kappa shape index (κ3) is 5.31. The van der Waals surface area contributed by atoms with E-state index in [2.05, 4.69) is 10.3 Å². The Labute approximate surface area is 127 Å². The van der Waals surface area contributed by atoms with Crippen LogP contribution in [-0.4, -0.2) is 51.8 Å². The molecule has 0 saturated heterocycles. The predicted molar refractivity (Wildman–Crippen MR) is 79.3 cm³/mol. The molecule has 3 N–H and O–H groups in total. The van der Waals surface area contributed by atoms with E-state index in [1.54, 1.807) is 18.4 Å². The Morgan fingerprint density at radius 3 is 2.62 bits per heavy atom. The molecule has 1 aromatic heterocycles. The first kappa shape index (κ1) is 17.4. The summed E-state index contributed by atoms with van der Waals surface area (Å²) in [5.41, 5.74) is 0.774. The fraction of sp³-hybridized carbons (Fsp3) is 0.615. The van der Waals surface area contributed by atoms with Crippen LogP contribution in [-0.2, 0) is 11.3 Å². The number of carbonyl (C=O) groups excluding carboxylic acids is 1. The highest BCUT2D eigenvalue weighted by molar-refractivity contribution is 7.09. The Hall–Kier alpha value is -1.67. The molecule has 2 amide bonds. The minimum Gasteiger partial charge on any atom is -0.480 e. The number of carbonyl (C=O) groups is 2. The maximum atomic E-state index is 11.9. The van der Waals surface area contributed by atoms with Gasteiger partial charge in [-0.05, 0) is 0 Å². The number of carboxylic acid groups (broad SMARTS) is 1. The van der Waals surface area contributed by atoms with E-state index in [-0.39, 0.29) is 13.0 Å². The number of thiazole rings is 1. The van der Waals surface area contributed by atoms with Crippen molar-refractivity contribution >= 4 is 23.3 Å². The van der Waals surface area contributed by atoms with E-state index in [1.165, 1.54) is 4.90 Å². The van der Waals surface area contributed by atoms with Crippen molar-refractivity contribution in [3.05, 3.63) is 16.1 Å². The molecule has 8 heteroatoms. The monoisotopic (exact) mass is 315 g/mol. The van der Waals surface area contributed by atoms with Crippen LogP contribution in [0.1, 0.15) is 36.9 Å². The van der Waals surface area contributed by atoms with Gasteiger partial charge in [-0.1, -0.05) is 13.8 Å². The second kappa shape index (κ2) is 7.94. The third-order valence-electron chi connectivity index (χ3n) is 2.82. The van der Waals surface area contributed by atoms with E-state index in [0.717, 1.165) is 10.7 Å². The molecule has 0 fully saturated rings. The average molecular weight is 315 g/mol. The van der Waals surface area contributed by atoms with Gasteiger partial charge >= 0.3 is 12.0 Å². The van der Waals surface area contributed by atoms with Gasteiger partial charge in [-0.2, -0.15) is 0 Å². The zero-order valence-electron chi connectivity index (χ0n) is 12.4. The van der Waals surface area contributed by atoms with Gasteiger partial charge < -0.3 is 20.4 Å². The summed E-state index contributed by atoms with van der Waals surface area (Å²) in [6.45, 7) is 4.10. The van der Waals surface area contributed by atoms with Crippen molar-refractivity contribution in [1.29, 1.82) is 0 Å². The summed E-state index contributed by atoms with van der Waals surface area (Å²) in [6, 6.07) is -1.60. The van der Waals surface area contributed by atoms with Crippen molar-refractivity contribution in [2.45, 2.75) is 38.8 Å². The van der Waals surface area contributed by atoms with E-state index < -0.39 is 18.0 Å². The summed E-state index contributed by atoms with van der Waals surface area (Å²) in [4.78, 5) is 28.6.